The van der Waals surface area contributed by atoms with Crippen molar-refractivity contribution in [1.82, 2.24) is 4.90 Å². The molecule has 0 bridgehead atoms. The van der Waals surface area contributed by atoms with Gasteiger partial charge in [0, 0.05) is 6.54 Å². The summed E-state index contributed by atoms with van der Waals surface area (Å²) in [6, 6.07) is 4.04. The fraction of sp³-hybridized carbons (Fsp3) is 0.500. The number of nitrogen functional groups attached to an aromatic ring is 1. The number of halogens is 1. The van der Waals surface area contributed by atoms with Crippen molar-refractivity contribution >= 4 is 11.6 Å². The maximum Gasteiger partial charge on any atom is 0.256 e. The number of nitrogens with two attached hydrogens (primary N) is 1. The van der Waals surface area contributed by atoms with Gasteiger partial charge >= 0.3 is 0 Å². The molecule has 1 amide bonds. The number of benzene rings is 1. The van der Waals surface area contributed by atoms with Crippen LogP contribution >= 0.6 is 0 Å². The molecule has 5 heteroatoms. The second-order valence-corrected chi connectivity index (χ2v) is 4.89. The lowest BCUT2D eigenvalue weighted by Crippen LogP contribution is -2.42. The number of para-hydroxylation sites is 1. The molecule has 1 atom stereocenters. The third kappa shape index (κ3) is 2.87. The van der Waals surface area contributed by atoms with Crippen molar-refractivity contribution in [3.63, 3.8) is 0 Å². The topological polar surface area (TPSA) is 66.6 Å². The number of likely N-dealkylation sites (tertiary alicyclic amines) is 1. The lowest BCUT2D eigenvalue weighted by molar-refractivity contribution is 0.0600. The van der Waals surface area contributed by atoms with Gasteiger partial charge < -0.3 is 15.7 Å². The number of anilines is 1. The summed E-state index contributed by atoms with van der Waals surface area (Å²) in [5.41, 5.74) is 5.69. The van der Waals surface area contributed by atoms with Gasteiger partial charge in [0.15, 0.2) is 0 Å². The fourth-order valence-corrected chi connectivity index (χ4v) is 2.51. The van der Waals surface area contributed by atoms with Crippen LogP contribution in [-0.4, -0.2) is 35.1 Å². The van der Waals surface area contributed by atoms with Crippen LogP contribution in [0.1, 0.15) is 36.0 Å². The molecule has 0 spiro atoms. The summed E-state index contributed by atoms with van der Waals surface area (Å²) in [5, 5.41) is 9.41. The van der Waals surface area contributed by atoms with Crippen LogP contribution in [0.5, 0.6) is 0 Å². The predicted molar refractivity (Wildman–Crippen MR) is 71.2 cm³/mol. The Labute approximate surface area is 112 Å². The van der Waals surface area contributed by atoms with Gasteiger partial charge in [-0.15, -0.1) is 0 Å². The zero-order valence-corrected chi connectivity index (χ0v) is 10.8. The number of hydrogen-bond acceptors (Lipinski definition) is 3. The van der Waals surface area contributed by atoms with Crippen molar-refractivity contribution in [1.29, 1.82) is 0 Å². The minimum absolute atomic E-state index is 0.0685. The third-order valence-corrected chi connectivity index (χ3v) is 3.63. The van der Waals surface area contributed by atoms with Crippen molar-refractivity contribution < 1.29 is 14.3 Å². The standard InChI is InChI=1S/C14H19FN2O2/c15-12-7-4-6-11(13(12)16)14(19)17-8-3-1-2-5-10(17)9-18/h4,6-7,10,18H,1-3,5,8-9,16H2. The van der Waals surface area contributed by atoms with E-state index in [0.29, 0.717) is 6.54 Å². The van der Waals surface area contributed by atoms with Gasteiger partial charge in [-0.05, 0) is 25.0 Å². The molecule has 1 saturated heterocycles. The molecule has 1 aliphatic heterocycles. The average molecular weight is 266 g/mol. The number of carbonyl (C=O) groups is 1. The first kappa shape index (κ1) is 13.8. The van der Waals surface area contributed by atoms with Crippen molar-refractivity contribution in [2.75, 3.05) is 18.9 Å². The molecule has 1 unspecified atom stereocenters. The molecule has 0 radical (unpaired) electrons. The number of aliphatic hydroxyl groups is 1. The summed E-state index contributed by atoms with van der Waals surface area (Å²) in [5.74, 6) is -0.876. The molecule has 0 saturated carbocycles. The maximum absolute atomic E-state index is 13.4. The highest BCUT2D eigenvalue weighted by Crippen LogP contribution is 2.23. The summed E-state index contributed by atoms with van der Waals surface area (Å²) in [4.78, 5) is 14.1. The Bertz CT molecular complexity index is 465. The van der Waals surface area contributed by atoms with Gasteiger partial charge in [-0.1, -0.05) is 18.9 Å². The molecule has 0 aliphatic carbocycles. The zero-order chi connectivity index (χ0) is 13.8. The van der Waals surface area contributed by atoms with Crippen molar-refractivity contribution in [3.8, 4) is 0 Å². The van der Waals surface area contributed by atoms with E-state index in [0.717, 1.165) is 25.7 Å². The van der Waals surface area contributed by atoms with Crippen LogP contribution in [0, 0.1) is 5.82 Å². The largest absolute Gasteiger partial charge is 0.396 e. The Hall–Kier alpha value is -1.62. The van der Waals surface area contributed by atoms with Crippen LogP contribution in [0.2, 0.25) is 0 Å². The van der Waals surface area contributed by atoms with Crippen molar-refractivity contribution in [2.24, 2.45) is 0 Å². The summed E-state index contributed by atoms with van der Waals surface area (Å²) < 4.78 is 13.4. The first-order valence-corrected chi connectivity index (χ1v) is 6.61. The molecule has 4 nitrogen and oxygen atoms in total. The summed E-state index contributed by atoms with van der Waals surface area (Å²) in [6.45, 7) is 0.515. The smallest absolute Gasteiger partial charge is 0.256 e. The maximum atomic E-state index is 13.4. The van der Waals surface area contributed by atoms with Crippen molar-refractivity contribution in [2.45, 2.75) is 31.7 Å². The highest BCUT2D eigenvalue weighted by Gasteiger charge is 2.27. The zero-order valence-electron chi connectivity index (χ0n) is 10.8. The van der Waals surface area contributed by atoms with E-state index in [4.69, 9.17) is 5.73 Å². The quantitative estimate of drug-likeness (QED) is 0.802. The lowest BCUT2D eigenvalue weighted by Gasteiger charge is -2.29. The molecule has 1 fully saturated rings. The van der Waals surface area contributed by atoms with E-state index >= 15 is 0 Å². The van der Waals surface area contributed by atoms with E-state index in [9.17, 15) is 14.3 Å². The van der Waals surface area contributed by atoms with Crippen LogP contribution in [0.15, 0.2) is 18.2 Å². The van der Waals surface area contributed by atoms with Gasteiger partial charge in [0.05, 0.1) is 23.9 Å². The minimum atomic E-state index is -0.582. The number of nitrogens with zero attached hydrogens (tertiary/aromatic N) is 1. The van der Waals surface area contributed by atoms with Gasteiger partial charge in [-0.2, -0.15) is 0 Å². The Morgan fingerprint density at radius 3 is 2.95 bits per heavy atom. The molecule has 0 aromatic heterocycles. The Kier molecular flexibility index (Phi) is 4.37. The van der Waals surface area contributed by atoms with E-state index in [2.05, 4.69) is 0 Å². The summed E-state index contributed by atoms with van der Waals surface area (Å²) in [7, 11) is 0. The van der Waals surface area contributed by atoms with Gasteiger partial charge in [0.25, 0.3) is 5.91 Å². The van der Waals surface area contributed by atoms with Crippen molar-refractivity contribution in [3.05, 3.63) is 29.6 Å². The average Bonchev–Trinajstić information content (AvgIpc) is 2.66. The van der Waals surface area contributed by atoms with Crippen LogP contribution in [0.4, 0.5) is 10.1 Å². The first-order chi connectivity index (χ1) is 9.15. The molecule has 1 aromatic carbocycles. The SMILES string of the molecule is Nc1c(F)cccc1C(=O)N1CCCCCC1CO. The highest BCUT2D eigenvalue weighted by atomic mass is 19.1. The van der Waals surface area contributed by atoms with Gasteiger partial charge in [0.2, 0.25) is 0 Å². The van der Waals surface area contributed by atoms with Gasteiger partial charge in [-0.25, -0.2) is 4.39 Å². The normalized spacial score (nSPS) is 20.1. The fourth-order valence-electron chi connectivity index (χ4n) is 2.51. The minimum Gasteiger partial charge on any atom is -0.396 e. The predicted octanol–water partition coefficient (Wildman–Crippen LogP) is 1.79. The Balaban J connectivity index is 2.28. The molecule has 2 rings (SSSR count). The Morgan fingerprint density at radius 2 is 2.21 bits per heavy atom. The Morgan fingerprint density at radius 1 is 1.42 bits per heavy atom. The van der Waals surface area contributed by atoms with Crippen LogP contribution in [-0.2, 0) is 0 Å². The molecule has 104 valence electrons. The van der Waals surface area contributed by atoms with E-state index in [1.54, 1.807) is 4.90 Å². The molecule has 1 aliphatic rings. The van der Waals surface area contributed by atoms with Crippen LogP contribution < -0.4 is 5.73 Å². The van der Waals surface area contributed by atoms with E-state index in [-0.39, 0.29) is 29.8 Å². The third-order valence-electron chi connectivity index (χ3n) is 3.63. The molecular formula is C14H19FN2O2. The number of aliphatic hydroxyl groups excluding tert-OH is 1. The van der Waals surface area contributed by atoms with Crippen LogP contribution in [0.3, 0.4) is 0 Å². The number of carbonyl (C=O) groups excluding carboxylic acids is 1. The highest BCUT2D eigenvalue weighted by molar-refractivity contribution is 5.99. The molecule has 3 N–H and O–H groups in total. The molecular weight excluding hydrogens is 247 g/mol. The second kappa shape index (κ2) is 6.02. The van der Waals surface area contributed by atoms with Gasteiger partial charge in [-0.3, -0.25) is 4.79 Å². The van der Waals surface area contributed by atoms with E-state index < -0.39 is 5.82 Å². The molecule has 1 aromatic rings. The lowest BCUT2D eigenvalue weighted by atomic mass is 10.1. The summed E-state index contributed by atoms with van der Waals surface area (Å²) >= 11 is 0. The molecule has 19 heavy (non-hydrogen) atoms. The van der Waals surface area contributed by atoms with E-state index in [1.165, 1.54) is 18.2 Å². The summed E-state index contributed by atoms with van der Waals surface area (Å²) in [6.07, 6.45) is 3.71. The van der Waals surface area contributed by atoms with Crippen LogP contribution in [0.25, 0.3) is 0 Å². The number of amides is 1. The second-order valence-electron chi connectivity index (χ2n) is 4.89. The number of rotatable bonds is 2. The first-order valence-electron chi connectivity index (χ1n) is 6.61. The number of hydrogen-bond donors (Lipinski definition) is 2. The monoisotopic (exact) mass is 266 g/mol. The molecule has 1 heterocycles. The van der Waals surface area contributed by atoms with E-state index in [1.807, 2.05) is 0 Å². The van der Waals surface area contributed by atoms with Gasteiger partial charge in [0.1, 0.15) is 5.82 Å².